The van der Waals surface area contributed by atoms with E-state index in [0.29, 0.717) is 35.1 Å². The third-order valence-electron chi connectivity index (χ3n) is 2.45. The molecule has 1 aromatic rings. The van der Waals surface area contributed by atoms with Gasteiger partial charge in [0.05, 0.1) is 5.02 Å². The Bertz CT molecular complexity index is 460. The minimum atomic E-state index is -0.640. The molecule has 0 radical (unpaired) electrons. The molecule has 0 bridgehead atoms. The predicted octanol–water partition coefficient (Wildman–Crippen LogP) is 2.69. The van der Waals surface area contributed by atoms with Crippen molar-refractivity contribution in [2.24, 2.45) is 5.92 Å². The molecule has 4 nitrogen and oxygen atoms in total. The van der Waals surface area contributed by atoms with Crippen LogP contribution in [0.15, 0.2) is 18.2 Å². The van der Waals surface area contributed by atoms with E-state index < -0.39 is 6.10 Å². The first kappa shape index (κ1) is 15.5. The number of amides is 1. The number of carbonyl (C=O) groups is 2. The monoisotopic (exact) mass is 283 g/mol. The van der Waals surface area contributed by atoms with Gasteiger partial charge in [0.2, 0.25) is 0 Å². The molecule has 1 atom stereocenters. The number of hydrogen-bond donors (Lipinski definition) is 1. The van der Waals surface area contributed by atoms with Gasteiger partial charge in [0.1, 0.15) is 12.0 Å². The summed E-state index contributed by atoms with van der Waals surface area (Å²) in [5.41, 5.74) is 0.467. The van der Waals surface area contributed by atoms with Crippen molar-refractivity contribution in [3.63, 3.8) is 0 Å². The van der Waals surface area contributed by atoms with Crippen LogP contribution in [0.1, 0.15) is 31.1 Å². The Morgan fingerprint density at radius 2 is 2.11 bits per heavy atom. The molecule has 1 aromatic carbocycles. The van der Waals surface area contributed by atoms with Gasteiger partial charge in [-0.05, 0) is 31.0 Å². The summed E-state index contributed by atoms with van der Waals surface area (Å²) in [4.78, 5) is 22.3. The molecular formula is C14H18ClNO3. The quantitative estimate of drug-likeness (QED) is 0.817. The van der Waals surface area contributed by atoms with Crippen LogP contribution < -0.4 is 10.1 Å². The number of ether oxygens (including phenoxy) is 1. The third kappa shape index (κ3) is 4.91. The average Bonchev–Trinajstić information content (AvgIpc) is 2.37. The fourth-order valence-corrected chi connectivity index (χ4v) is 1.61. The zero-order valence-electron chi connectivity index (χ0n) is 11.3. The molecule has 1 N–H and O–H groups in total. The van der Waals surface area contributed by atoms with Gasteiger partial charge in [0.15, 0.2) is 6.10 Å². The maximum Gasteiger partial charge on any atom is 0.260 e. The van der Waals surface area contributed by atoms with E-state index in [1.807, 2.05) is 13.8 Å². The molecule has 5 heteroatoms. The van der Waals surface area contributed by atoms with Crippen molar-refractivity contribution in [1.29, 1.82) is 0 Å². The van der Waals surface area contributed by atoms with Crippen LogP contribution in [0, 0.1) is 5.92 Å². The molecule has 0 aliphatic carbocycles. The van der Waals surface area contributed by atoms with Crippen LogP contribution in [0.2, 0.25) is 5.02 Å². The van der Waals surface area contributed by atoms with Crippen molar-refractivity contribution in [2.45, 2.75) is 26.9 Å². The van der Waals surface area contributed by atoms with Gasteiger partial charge in [0.25, 0.3) is 5.91 Å². The molecule has 1 rings (SSSR count). The summed E-state index contributed by atoms with van der Waals surface area (Å²) in [6, 6.07) is 4.67. The van der Waals surface area contributed by atoms with Gasteiger partial charge in [-0.3, -0.25) is 9.59 Å². The molecule has 0 aliphatic heterocycles. The van der Waals surface area contributed by atoms with Gasteiger partial charge in [-0.1, -0.05) is 25.4 Å². The Morgan fingerprint density at radius 3 is 2.63 bits per heavy atom. The summed E-state index contributed by atoms with van der Waals surface area (Å²) in [6.45, 7) is 6.28. The van der Waals surface area contributed by atoms with Crippen LogP contribution >= 0.6 is 11.6 Å². The van der Waals surface area contributed by atoms with Gasteiger partial charge in [-0.15, -0.1) is 0 Å². The predicted molar refractivity (Wildman–Crippen MR) is 74.8 cm³/mol. The van der Waals surface area contributed by atoms with Crippen molar-refractivity contribution in [1.82, 2.24) is 5.32 Å². The highest BCUT2D eigenvalue weighted by Gasteiger charge is 2.16. The molecule has 0 heterocycles. The van der Waals surface area contributed by atoms with E-state index in [-0.39, 0.29) is 5.91 Å². The lowest BCUT2D eigenvalue weighted by Gasteiger charge is -2.16. The van der Waals surface area contributed by atoms with Crippen LogP contribution in [0.3, 0.4) is 0 Å². The summed E-state index contributed by atoms with van der Waals surface area (Å²) in [5.74, 6) is 0.579. The highest BCUT2D eigenvalue weighted by atomic mass is 35.5. The first-order valence-corrected chi connectivity index (χ1v) is 6.51. The number of aldehydes is 1. The van der Waals surface area contributed by atoms with Crippen molar-refractivity contribution < 1.29 is 14.3 Å². The lowest BCUT2D eigenvalue weighted by molar-refractivity contribution is -0.127. The summed E-state index contributed by atoms with van der Waals surface area (Å²) >= 11 is 5.97. The second-order valence-corrected chi connectivity index (χ2v) is 5.11. The molecule has 0 spiro atoms. The standard InChI is InChI=1S/C14H18ClNO3/c1-9(2)7-16-14(18)10(3)19-13-5-4-11(8-17)6-12(13)15/h4-6,8-10H,7H2,1-3H3,(H,16,18). The van der Waals surface area contributed by atoms with Crippen molar-refractivity contribution in [3.8, 4) is 5.75 Å². The average molecular weight is 284 g/mol. The summed E-state index contributed by atoms with van der Waals surface area (Å²) in [7, 11) is 0. The maximum atomic E-state index is 11.8. The fourth-order valence-electron chi connectivity index (χ4n) is 1.38. The Balaban J connectivity index is 2.63. The van der Waals surface area contributed by atoms with Crippen molar-refractivity contribution in [3.05, 3.63) is 28.8 Å². The van der Waals surface area contributed by atoms with Crippen LogP contribution in [-0.4, -0.2) is 24.8 Å². The molecule has 0 saturated heterocycles. The third-order valence-corrected chi connectivity index (χ3v) is 2.74. The molecule has 19 heavy (non-hydrogen) atoms. The molecule has 0 aliphatic rings. The number of nitrogens with one attached hydrogen (secondary N) is 1. The Kier molecular flexibility index (Phi) is 5.83. The lowest BCUT2D eigenvalue weighted by atomic mass is 10.2. The Hall–Kier alpha value is -1.55. The SMILES string of the molecule is CC(C)CNC(=O)C(C)Oc1ccc(C=O)cc1Cl. The van der Waals surface area contributed by atoms with E-state index in [9.17, 15) is 9.59 Å². The fraction of sp³-hybridized carbons (Fsp3) is 0.429. The number of hydrogen-bond acceptors (Lipinski definition) is 3. The lowest BCUT2D eigenvalue weighted by Crippen LogP contribution is -2.38. The normalized spacial score (nSPS) is 12.1. The van der Waals surface area contributed by atoms with E-state index in [4.69, 9.17) is 16.3 Å². The Labute approximate surface area is 118 Å². The van der Waals surface area contributed by atoms with Crippen LogP contribution in [0.5, 0.6) is 5.75 Å². The summed E-state index contributed by atoms with van der Waals surface area (Å²) in [6.07, 6.45) is 0.0624. The number of benzene rings is 1. The van der Waals surface area contributed by atoms with Gasteiger partial charge in [0, 0.05) is 12.1 Å². The number of carbonyl (C=O) groups excluding carboxylic acids is 2. The Morgan fingerprint density at radius 1 is 1.42 bits per heavy atom. The number of halogens is 1. The number of rotatable bonds is 6. The van der Waals surface area contributed by atoms with E-state index in [1.165, 1.54) is 6.07 Å². The topological polar surface area (TPSA) is 55.4 Å². The molecule has 1 amide bonds. The zero-order valence-corrected chi connectivity index (χ0v) is 12.0. The minimum absolute atomic E-state index is 0.191. The molecular weight excluding hydrogens is 266 g/mol. The van der Waals surface area contributed by atoms with Gasteiger partial charge in [-0.2, -0.15) is 0 Å². The van der Waals surface area contributed by atoms with E-state index in [0.717, 1.165) is 0 Å². The van der Waals surface area contributed by atoms with Crippen LogP contribution in [0.25, 0.3) is 0 Å². The largest absolute Gasteiger partial charge is 0.479 e. The molecule has 0 saturated carbocycles. The summed E-state index contributed by atoms with van der Waals surface area (Å²) < 4.78 is 5.48. The smallest absolute Gasteiger partial charge is 0.260 e. The zero-order chi connectivity index (χ0) is 14.4. The van der Waals surface area contributed by atoms with Gasteiger partial charge < -0.3 is 10.1 Å². The van der Waals surface area contributed by atoms with E-state index in [1.54, 1.807) is 19.1 Å². The van der Waals surface area contributed by atoms with Crippen molar-refractivity contribution >= 4 is 23.8 Å². The van der Waals surface area contributed by atoms with E-state index in [2.05, 4.69) is 5.32 Å². The van der Waals surface area contributed by atoms with Gasteiger partial charge >= 0.3 is 0 Å². The second-order valence-electron chi connectivity index (χ2n) is 4.71. The highest BCUT2D eigenvalue weighted by molar-refractivity contribution is 6.32. The summed E-state index contributed by atoms with van der Waals surface area (Å²) in [5, 5.41) is 3.09. The maximum absolute atomic E-state index is 11.8. The van der Waals surface area contributed by atoms with Gasteiger partial charge in [-0.25, -0.2) is 0 Å². The van der Waals surface area contributed by atoms with Crippen molar-refractivity contribution in [2.75, 3.05) is 6.54 Å². The highest BCUT2D eigenvalue weighted by Crippen LogP contribution is 2.25. The first-order valence-electron chi connectivity index (χ1n) is 6.13. The molecule has 1 unspecified atom stereocenters. The van der Waals surface area contributed by atoms with Crippen LogP contribution in [-0.2, 0) is 4.79 Å². The minimum Gasteiger partial charge on any atom is -0.479 e. The first-order chi connectivity index (χ1) is 8.93. The molecule has 104 valence electrons. The van der Waals surface area contributed by atoms with Crippen LogP contribution in [0.4, 0.5) is 0 Å². The molecule has 0 fully saturated rings. The second kappa shape index (κ2) is 7.14. The van der Waals surface area contributed by atoms with E-state index >= 15 is 0 Å². The molecule has 0 aromatic heterocycles.